The van der Waals surface area contributed by atoms with Gasteiger partial charge in [-0.05, 0) is 82.0 Å². The summed E-state index contributed by atoms with van der Waals surface area (Å²) >= 11 is 3.57. The lowest BCUT2D eigenvalue weighted by Crippen LogP contribution is -2.35. The van der Waals surface area contributed by atoms with Gasteiger partial charge in [-0.3, -0.25) is 0 Å². The van der Waals surface area contributed by atoms with Gasteiger partial charge in [0.15, 0.2) is 0 Å². The molecule has 1 aromatic rings. The van der Waals surface area contributed by atoms with E-state index in [1.165, 1.54) is 57.2 Å². The van der Waals surface area contributed by atoms with E-state index < -0.39 is 0 Å². The molecule has 1 spiro atoms. The first-order valence-electron chi connectivity index (χ1n) is 8.27. The van der Waals surface area contributed by atoms with E-state index in [4.69, 9.17) is 4.74 Å². The van der Waals surface area contributed by atoms with Crippen LogP contribution in [0.1, 0.15) is 44.1 Å². The molecule has 1 aliphatic heterocycles. The Morgan fingerprint density at radius 2 is 2.10 bits per heavy atom. The minimum Gasteiger partial charge on any atom is -0.493 e. The fraction of sp³-hybridized carbons (Fsp3) is 0.667. The zero-order valence-corrected chi connectivity index (χ0v) is 14.5. The molecule has 2 aliphatic rings. The molecule has 1 unspecified atom stereocenters. The van der Waals surface area contributed by atoms with Crippen LogP contribution in [-0.2, 0) is 0 Å². The average Bonchev–Trinajstić information content (AvgIpc) is 2.87. The quantitative estimate of drug-likeness (QED) is 0.848. The number of benzene rings is 1. The number of rotatable bonds is 4. The predicted octanol–water partition coefficient (Wildman–Crippen LogP) is 4.70. The van der Waals surface area contributed by atoms with Gasteiger partial charge < -0.3 is 10.1 Å². The van der Waals surface area contributed by atoms with Crippen molar-refractivity contribution >= 4 is 15.9 Å². The van der Waals surface area contributed by atoms with Crippen molar-refractivity contribution in [2.45, 2.75) is 45.4 Å². The van der Waals surface area contributed by atoms with Crippen LogP contribution in [-0.4, -0.2) is 19.7 Å². The summed E-state index contributed by atoms with van der Waals surface area (Å²) in [5, 5.41) is 3.50. The first-order valence-corrected chi connectivity index (χ1v) is 9.06. The lowest BCUT2D eigenvalue weighted by molar-refractivity contribution is 0.194. The van der Waals surface area contributed by atoms with Gasteiger partial charge in [0.25, 0.3) is 0 Å². The maximum atomic E-state index is 6.01. The van der Waals surface area contributed by atoms with Gasteiger partial charge in [0, 0.05) is 10.0 Å². The van der Waals surface area contributed by atoms with Crippen molar-refractivity contribution in [2.24, 2.45) is 11.3 Å². The van der Waals surface area contributed by atoms with Gasteiger partial charge in [0.1, 0.15) is 5.75 Å². The summed E-state index contributed by atoms with van der Waals surface area (Å²) in [5.74, 6) is 1.90. The summed E-state index contributed by atoms with van der Waals surface area (Å²) in [4.78, 5) is 0. The van der Waals surface area contributed by atoms with Crippen LogP contribution in [0.4, 0.5) is 0 Å². The molecule has 21 heavy (non-hydrogen) atoms. The van der Waals surface area contributed by atoms with Gasteiger partial charge in [0.05, 0.1) is 6.61 Å². The average molecular weight is 352 g/mol. The minimum atomic E-state index is 0.668. The first kappa shape index (κ1) is 15.4. The van der Waals surface area contributed by atoms with Crippen molar-refractivity contribution in [3.8, 4) is 5.75 Å². The molecule has 0 radical (unpaired) electrons. The molecule has 1 atom stereocenters. The summed E-state index contributed by atoms with van der Waals surface area (Å²) < 4.78 is 7.15. The van der Waals surface area contributed by atoms with Crippen LogP contribution in [0.3, 0.4) is 0 Å². The van der Waals surface area contributed by atoms with Crippen LogP contribution < -0.4 is 10.1 Å². The van der Waals surface area contributed by atoms with Gasteiger partial charge in [0.2, 0.25) is 0 Å². The summed E-state index contributed by atoms with van der Waals surface area (Å²) in [6.45, 7) is 5.41. The summed E-state index contributed by atoms with van der Waals surface area (Å²) in [6, 6.07) is 6.19. The van der Waals surface area contributed by atoms with Gasteiger partial charge in [-0.15, -0.1) is 0 Å². The highest BCUT2D eigenvalue weighted by Crippen LogP contribution is 2.48. The molecular formula is C18H26BrNO. The Hall–Kier alpha value is -0.540. The predicted molar refractivity (Wildman–Crippen MR) is 90.9 cm³/mol. The molecule has 0 bridgehead atoms. The molecular weight excluding hydrogens is 326 g/mol. The summed E-state index contributed by atoms with van der Waals surface area (Å²) in [7, 11) is 0. The third-order valence-corrected chi connectivity index (χ3v) is 6.33. The van der Waals surface area contributed by atoms with Crippen LogP contribution in [0.2, 0.25) is 0 Å². The monoisotopic (exact) mass is 351 g/mol. The standard InChI is InChI=1S/C18H26BrNO/c1-14-16(19)3-2-4-17(14)21-12-6-15-5-7-18(13-15)8-10-20-11-9-18/h2-4,15,20H,5-13H2,1H3. The topological polar surface area (TPSA) is 21.3 Å². The fourth-order valence-corrected chi connectivity index (χ4v) is 4.41. The third-order valence-electron chi connectivity index (χ3n) is 5.47. The lowest BCUT2D eigenvalue weighted by atomic mass is 9.77. The number of halogens is 1. The van der Waals surface area contributed by atoms with Crippen molar-refractivity contribution in [3.63, 3.8) is 0 Å². The molecule has 116 valence electrons. The van der Waals surface area contributed by atoms with Crippen LogP contribution in [0.15, 0.2) is 22.7 Å². The molecule has 0 amide bonds. The van der Waals surface area contributed by atoms with Gasteiger partial charge in [-0.25, -0.2) is 0 Å². The number of hydrogen-bond acceptors (Lipinski definition) is 2. The van der Waals surface area contributed by atoms with Crippen molar-refractivity contribution in [2.75, 3.05) is 19.7 Å². The van der Waals surface area contributed by atoms with E-state index in [9.17, 15) is 0 Å². The fourth-order valence-electron chi connectivity index (χ4n) is 4.06. The zero-order valence-electron chi connectivity index (χ0n) is 13.0. The number of ether oxygens (including phenoxy) is 1. The van der Waals surface area contributed by atoms with E-state index in [1.807, 2.05) is 6.07 Å². The summed E-state index contributed by atoms with van der Waals surface area (Å²) in [6.07, 6.45) is 8.25. The maximum Gasteiger partial charge on any atom is 0.123 e. The highest BCUT2D eigenvalue weighted by atomic mass is 79.9. The van der Waals surface area contributed by atoms with E-state index in [-0.39, 0.29) is 0 Å². The Kier molecular flexibility index (Phi) is 4.90. The molecule has 2 nitrogen and oxygen atoms in total. The molecule has 3 rings (SSSR count). The van der Waals surface area contributed by atoms with Crippen molar-refractivity contribution < 1.29 is 4.74 Å². The van der Waals surface area contributed by atoms with Crippen LogP contribution in [0.5, 0.6) is 5.75 Å². The van der Waals surface area contributed by atoms with Crippen molar-refractivity contribution in [3.05, 3.63) is 28.2 Å². The Balaban J connectivity index is 1.47. The second-order valence-corrected chi connectivity index (χ2v) is 7.71. The van der Waals surface area contributed by atoms with Crippen LogP contribution >= 0.6 is 15.9 Å². The van der Waals surface area contributed by atoms with Gasteiger partial charge >= 0.3 is 0 Å². The number of piperidine rings is 1. The van der Waals surface area contributed by atoms with E-state index in [1.54, 1.807) is 0 Å². The van der Waals surface area contributed by atoms with E-state index in [0.717, 1.165) is 22.7 Å². The maximum absolute atomic E-state index is 6.01. The Morgan fingerprint density at radius 3 is 2.90 bits per heavy atom. The molecule has 1 N–H and O–H groups in total. The molecule has 1 saturated heterocycles. The second-order valence-electron chi connectivity index (χ2n) is 6.86. The third kappa shape index (κ3) is 3.62. The molecule has 1 saturated carbocycles. The lowest BCUT2D eigenvalue weighted by Gasteiger charge is -2.34. The van der Waals surface area contributed by atoms with Crippen molar-refractivity contribution in [1.82, 2.24) is 5.32 Å². The highest BCUT2D eigenvalue weighted by Gasteiger charge is 2.39. The van der Waals surface area contributed by atoms with Crippen molar-refractivity contribution in [1.29, 1.82) is 0 Å². The smallest absolute Gasteiger partial charge is 0.123 e. The van der Waals surface area contributed by atoms with Gasteiger partial charge in [-0.2, -0.15) is 0 Å². The zero-order chi connectivity index (χ0) is 14.7. The molecule has 2 fully saturated rings. The van der Waals surface area contributed by atoms with E-state index in [2.05, 4.69) is 40.3 Å². The molecule has 1 aliphatic carbocycles. The first-order chi connectivity index (χ1) is 10.2. The molecule has 3 heteroatoms. The van der Waals surface area contributed by atoms with Gasteiger partial charge in [-0.1, -0.05) is 22.0 Å². The molecule has 1 aromatic carbocycles. The molecule has 0 aromatic heterocycles. The SMILES string of the molecule is Cc1c(Br)cccc1OCCC1CCC2(CCNCC2)C1. The Bertz CT molecular complexity index is 482. The minimum absolute atomic E-state index is 0.668. The normalized spacial score (nSPS) is 24.4. The largest absolute Gasteiger partial charge is 0.493 e. The van der Waals surface area contributed by atoms with E-state index in [0.29, 0.717) is 5.41 Å². The number of hydrogen-bond donors (Lipinski definition) is 1. The second kappa shape index (κ2) is 6.70. The summed E-state index contributed by atoms with van der Waals surface area (Å²) in [5.41, 5.74) is 1.88. The molecule has 1 heterocycles. The van der Waals surface area contributed by atoms with Crippen LogP contribution in [0.25, 0.3) is 0 Å². The highest BCUT2D eigenvalue weighted by molar-refractivity contribution is 9.10. The number of nitrogens with one attached hydrogen (secondary N) is 1. The van der Waals surface area contributed by atoms with Crippen LogP contribution in [0, 0.1) is 18.3 Å². The Labute approximate surface area is 136 Å². The Morgan fingerprint density at radius 1 is 1.29 bits per heavy atom. The van der Waals surface area contributed by atoms with E-state index >= 15 is 0 Å².